The number of benzene rings is 1. The van der Waals surface area contributed by atoms with Gasteiger partial charge in [-0.3, -0.25) is 4.79 Å². The van der Waals surface area contributed by atoms with Crippen LogP contribution < -0.4 is 4.90 Å². The Bertz CT molecular complexity index is 1060. The molecule has 2 aromatic heterocycles. The van der Waals surface area contributed by atoms with Crippen LogP contribution >= 0.6 is 0 Å². The van der Waals surface area contributed by atoms with Gasteiger partial charge in [-0.25, -0.2) is 14.6 Å². The van der Waals surface area contributed by atoms with Gasteiger partial charge in [0.15, 0.2) is 0 Å². The van der Waals surface area contributed by atoms with E-state index < -0.39 is 0 Å². The maximum atomic E-state index is 13.4. The lowest BCUT2D eigenvalue weighted by Crippen LogP contribution is -2.34. The largest absolute Gasteiger partial charge is 0.340 e. The molecule has 2 unspecified atom stereocenters. The normalized spacial score (nSPS) is 20.6. The zero-order valence-corrected chi connectivity index (χ0v) is 17.5. The van der Waals surface area contributed by atoms with Crippen molar-refractivity contribution < 1.29 is 4.79 Å². The van der Waals surface area contributed by atoms with E-state index in [0.717, 1.165) is 54.8 Å². The molecule has 2 fully saturated rings. The molecule has 0 bridgehead atoms. The third kappa shape index (κ3) is 3.22. The minimum absolute atomic E-state index is 0.0628. The summed E-state index contributed by atoms with van der Waals surface area (Å²) in [6.45, 7) is 9.30. The molecule has 0 aliphatic carbocycles. The first-order valence-corrected chi connectivity index (χ1v) is 10.3. The molecule has 0 saturated carbocycles. The molecule has 0 radical (unpaired) electrons. The Kier molecular flexibility index (Phi) is 4.49. The number of amides is 1. The second-order valence-corrected chi connectivity index (χ2v) is 8.40. The fourth-order valence-electron chi connectivity index (χ4n) is 4.80. The lowest BCUT2D eigenvalue weighted by atomic mass is 10.0. The lowest BCUT2D eigenvalue weighted by molar-refractivity contribution is 0.0782. The van der Waals surface area contributed by atoms with Crippen molar-refractivity contribution in [2.24, 2.45) is 11.8 Å². The van der Waals surface area contributed by atoms with Crippen molar-refractivity contribution in [2.75, 3.05) is 31.1 Å². The number of anilines is 1. The first kappa shape index (κ1) is 18.7. The smallest absolute Gasteiger partial charge is 0.256 e. The van der Waals surface area contributed by atoms with Gasteiger partial charge in [0.1, 0.15) is 0 Å². The highest BCUT2D eigenvalue weighted by molar-refractivity contribution is 5.98. The van der Waals surface area contributed by atoms with Crippen LogP contribution in [0.4, 0.5) is 5.95 Å². The van der Waals surface area contributed by atoms with E-state index in [2.05, 4.69) is 25.2 Å². The number of likely N-dealkylation sites (tertiary alicyclic amines) is 1. The Labute approximate surface area is 175 Å². The van der Waals surface area contributed by atoms with E-state index in [1.54, 1.807) is 17.1 Å². The maximum Gasteiger partial charge on any atom is 0.256 e. The zero-order chi connectivity index (χ0) is 20.8. The number of para-hydroxylation sites is 1. The topological polar surface area (TPSA) is 80.0 Å². The van der Waals surface area contributed by atoms with Crippen LogP contribution in [0.15, 0.2) is 36.7 Å². The van der Waals surface area contributed by atoms with Crippen molar-refractivity contribution in [2.45, 2.75) is 20.8 Å². The number of carbonyl (C=O) groups is 1. The van der Waals surface area contributed by atoms with E-state index in [9.17, 15) is 4.79 Å². The van der Waals surface area contributed by atoms with Crippen molar-refractivity contribution in [3.8, 4) is 5.69 Å². The summed E-state index contributed by atoms with van der Waals surface area (Å²) in [5, 5.41) is 8.01. The number of hydrogen-bond donors (Lipinski definition) is 0. The molecule has 8 nitrogen and oxygen atoms in total. The van der Waals surface area contributed by atoms with Crippen molar-refractivity contribution in [3.63, 3.8) is 0 Å². The summed E-state index contributed by atoms with van der Waals surface area (Å²) in [7, 11) is 0. The van der Waals surface area contributed by atoms with Gasteiger partial charge < -0.3 is 9.80 Å². The van der Waals surface area contributed by atoms with Crippen LogP contribution in [0.3, 0.4) is 0 Å². The highest BCUT2D eigenvalue weighted by Crippen LogP contribution is 2.34. The SMILES string of the molecule is Cc1cc(C)nc(N2CC3CN(C(=O)c4cccc(C)c4-n4ccnn4)CC3C2)n1. The first-order chi connectivity index (χ1) is 14.5. The van der Waals surface area contributed by atoms with Crippen LogP contribution in [0, 0.1) is 32.6 Å². The molecule has 2 saturated heterocycles. The van der Waals surface area contributed by atoms with E-state index in [4.69, 9.17) is 0 Å². The third-order valence-corrected chi connectivity index (χ3v) is 6.15. The quantitative estimate of drug-likeness (QED) is 0.667. The van der Waals surface area contributed by atoms with E-state index in [0.29, 0.717) is 17.4 Å². The molecule has 0 spiro atoms. The summed E-state index contributed by atoms with van der Waals surface area (Å²) >= 11 is 0. The molecule has 30 heavy (non-hydrogen) atoms. The molecule has 8 heteroatoms. The molecular weight excluding hydrogens is 378 g/mol. The van der Waals surface area contributed by atoms with Gasteiger partial charge in [0.25, 0.3) is 5.91 Å². The molecule has 1 amide bonds. The Morgan fingerprint density at radius 1 is 1.00 bits per heavy atom. The summed E-state index contributed by atoms with van der Waals surface area (Å²) in [5.41, 5.74) is 4.47. The second-order valence-electron chi connectivity index (χ2n) is 8.40. The van der Waals surface area contributed by atoms with Crippen LogP contribution in [-0.2, 0) is 0 Å². The average molecular weight is 403 g/mol. The molecule has 2 aliphatic heterocycles. The molecule has 1 aromatic carbocycles. The molecule has 2 aliphatic rings. The second kappa shape index (κ2) is 7.19. The number of rotatable bonds is 3. The van der Waals surface area contributed by atoms with Crippen LogP contribution in [0.5, 0.6) is 0 Å². The Morgan fingerprint density at radius 3 is 2.33 bits per heavy atom. The van der Waals surface area contributed by atoms with Crippen LogP contribution in [0.2, 0.25) is 0 Å². The van der Waals surface area contributed by atoms with E-state index >= 15 is 0 Å². The first-order valence-electron chi connectivity index (χ1n) is 10.3. The van der Waals surface area contributed by atoms with Gasteiger partial charge in [0.05, 0.1) is 23.6 Å². The number of nitrogens with zero attached hydrogens (tertiary/aromatic N) is 7. The van der Waals surface area contributed by atoms with E-state index in [1.165, 1.54) is 0 Å². The minimum atomic E-state index is 0.0628. The summed E-state index contributed by atoms with van der Waals surface area (Å²) in [5.74, 6) is 1.76. The van der Waals surface area contributed by atoms with Gasteiger partial charge in [0.2, 0.25) is 5.95 Å². The van der Waals surface area contributed by atoms with Crippen molar-refractivity contribution >= 4 is 11.9 Å². The fraction of sp³-hybridized carbons (Fsp3) is 0.409. The molecule has 4 heterocycles. The maximum absolute atomic E-state index is 13.4. The van der Waals surface area contributed by atoms with Gasteiger partial charge in [-0.05, 0) is 38.5 Å². The molecule has 0 N–H and O–H groups in total. The van der Waals surface area contributed by atoms with Gasteiger partial charge >= 0.3 is 0 Å². The fourth-order valence-corrected chi connectivity index (χ4v) is 4.80. The standard InChI is InChI=1S/C22H25N7O/c1-14-5-4-6-19(20(14)29-8-7-23-26-29)21(30)27-10-17-12-28(13-18(17)11-27)22-24-15(2)9-16(3)25-22/h4-9,17-18H,10-13H2,1-3H3. The van der Waals surface area contributed by atoms with Crippen molar-refractivity contribution in [1.82, 2.24) is 29.9 Å². The Morgan fingerprint density at radius 2 is 1.70 bits per heavy atom. The highest BCUT2D eigenvalue weighted by Gasteiger charge is 2.43. The highest BCUT2D eigenvalue weighted by atomic mass is 16.2. The summed E-state index contributed by atoms with van der Waals surface area (Å²) < 4.78 is 1.68. The number of hydrogen-bond acceptors (Lipinski definition) is 6. The van der Waals surface area contributed by atoms with Gasteiger partial charge in [-0.15, -0.1) is 5.10 Å². The predicted molar refractivity (Wildman–Crippen MR) is 113 cm³/mol. The Balaban J connectivity index is 1.34. The molecule has 154 valence electrons. The zero-order valence-electron chi connectivity index (χ0n) is 17.5. The lowest BCUT2D eigenvalue weighted by Gasteiger charge is -2.23. The van der Waals surface area contributed by atoms with Crippen LogP contribution in [0.25, 0.3) is 5.69 Å². The Hall–Kier alpha value is -3.29. The minimum Gasteiger partial charge on any atom is -0.340 e. The molecule has 5 rings (SSSR count). The monoisotopic (exact) mass is 403 g/mol. The van der Waals surface area contributed by atoms with E-state index in [-0.39, 0.29) is 5.91 Å². The predicted octanol–water partition coefficient (Wildman–Crippen LogP) is 2.19. The number of carbonyl (C=O) groups excluding carboxylic acids is 1. The summed E-state index contributed by atoms with van der Waals surface area (Å²) in [4.78, 5) is 26.9. The average Bonchev–Trinajstić information content (AvgIpc) is 3.42. The van der Waals surface area contributed by atoms with Gasteiger partial charge in [-0.2, -0.15) is 0 Å². The third-order valence-electron chi connectivity index (χ3n) is 6.15. The molecule has 3 aromatic rings. The summed E-state index contributed by atoms with van der Waals surface area (Å²) in [6.07, 6.45) is 3.41. The van der Waals surface area contributed by atoms with Crippen LogP contribution in [-0.4, -0.2) is 61.9 Å². The van der Waals surface area contributed by atoms with Gasteiger partial charge in [0, 0.05) is 49.4 Å². The molecular formula is C22H25N7O. The van der Waals surface area contributed by atoms with Crippen molar-refractivity contribution in [1.29, 1.82) is 0 Å². The van der Waals surface area contributed by atoms with Gasteiger partial charge in [-0.1, -0.05) is 17.3 Å². The number of aromatic nitrogens is 5. The summed E-state index contributed by atoms with van der Waals surface area (Å²) in [6, 6.07) is 7.80. The van der Waals surface area contributed by atoms with E-state index in [1.807, 2.05) is 49.9 Å². The van der Waals surface area contributed by atoms with Crippen molar-refractivity contribution in [3.05, 3.63) is 59.2 Å². The number of fused-ring (bicyclic) bond motifs is 1. The van der Waals surface area contributed by atoms with Crippen LogP contribution in [0.1, 0.15) is 27.3 Å². The number of aryl methyl sites for hydroxylation is 3. The molecule has 2 atom stereocenters.